The van der Waals surface area contributed by atoms with Crippen molar-refractivity contribution in [1.29, 1.82) is 5.26 Å². The predicted octanol–water partition coefficient (Wildman–Crippen LogP) is 2.76. The fourth-order valence-corrected chi connectivity index (χ4v) is 1.81. The minimum Gasteiger partial charge on any atom is -0.288 e. The van der Waals surface area contributed by atoms with Gasteiger partial charge in [-0.25, -0.2) is 0 Å². The molecule has 2 aromatic rings. The fraction of sp³-hybridized carbons (Fsp3) is 0.154. The Labute approximate surface area is 110 Å². The first-order chi connectivity index (χ1) is 9.02. The normalized spacial score (nSPS) is 9.95. The first kappa shape index (κ1) is 12.6. The molecule has 6 nitrogen and oxygen atoms in total. The van der Waals surface area contributed by atoms with Crippen LogP contribution < -0.4 is 5.43 Å². The number of nitro benzene ring substituents is 1. The second kappa shape index (κ2) is 4.82. The molecule has 0 radical (unpaired) electrons. The number of aryl methyl sites for hydroxylation is 2. The zero-order chi connectivity index (χ0) is 14.0. The van der Waals surface area contributed by atoms with Crippen molar-refractivity contribution in [1.82, 2.24) is 4.68 Å². The highest BCUT2D eigenvalue weighted by molar-refractivity contribution is 5.64. The van der Waals surface area contributed by atoms with Crippen molar-refractivity contribution in [3.05, 3.63) is 57.4 Å². The van der Waals surface area contributed by atoms with Gasteiger partial charge in [-0.3, -0.25) is 20.2 Å². The first-order valence-corrected chi connectivity index (χ1v) is 5.63. The standard InChI is InChI=1S/C13H12N4O2/c1-9-3-4-10(2)16(9)15-12-6-5-11(8-14)7-13(12)17(18)19/h3-7,15H,1-2H3. The molecular weight excluding hydrogens is 244 g/mol. The Morgan fingerprint density at radius 3 is 2.42 bits per heavy atom. The lowest BCUT2D eigenvalue weighted by atomic mass is 10.2. The molecule has 1 N–H and O–H groups in total. The molecular formula is C13H12N4O2. The lowest BCUT2D eigenvalue weighted by Gasteiger charge is -2.12. The van der Waals surface area contributed by atoms with Crippen molar-refractivity contribution < 1.29 is 4.92 Å². The zero-order valence-electron chi connectivity index (χ0n) is 10.5. The summed E-state index contributed by atoms with van der Waals surface area (Å²) < 4.78 is 1.76. The van der Waals surface area contributed by atoms with Crippen molar-refractivity contribution >= 4 is 11.4 Å². The minimum atomic E-state index is -0.503. The highest BCUT2D eigenvalue weighted by Crippen LogP contribution is 2.26. The maximum Gasteiger partial charge on any atom is 0.295 e. The largest absolute Gasteiger partial charge is 0.295 e. The number of nitrogens with zero attached hydrogens (tertiary/aromatic N) is 3. The summed E-state index contributed by atoms with van der Waals surface area (Å²) in [5, 5.41) is 19.8. The third kappa shape index (κ3) is 2.40. The van der Waals surface area contributed by atoms with E-state index in [2.05, 4.69) is 5.43 Å². The van der Waals surface area contributed by atoms with Gasteiger partial charge in [-0.05, 0) is 38.1 Å². The Morgan fingerprint density at radius 1 is 1.26 bits per heavy atom. The van der Waals surface area contributed by atoms with Gasteiger partial charge in [-0.1, -0.05) is 0 Å². The molecule has 0 aliphatic heterocycles. The summed E-state index contributed by atoms with van der Waals surface area (Å²) in [6.07, 6.45) is 0. The van der Waals surface area contributed by atoms with Gasteiger partial charge in [0.15, 0.2) is 0 Å². The maximum absolute atomic E-state index is 11.0. The van der Waals surface area contributed by atoms with Crippen LogP contribution in [0.25, 0.3) is 0 Å². The first-order valence-electron chi connectivity index (χ1n) is 5.63. The van der Waals surface area contributed by atoms with Crippen LogP contribution in [0.1, 0.15) is 17.0 Å². The Bertz CT molecular complexity index is 663. The quantitative estimate of drug-likeness (QED) is 0.676. The smallest absolute Gasteiger partial charge is 0.288 e. The number of aromatic nitrogens is 1. The summed E-state index contributed by atoms with van der Waals surface area (Å²) in [7, 11) is 0. The minimum absolute atomic E-state index is 0.119. The molecule has 0 fully saturated rings. The molecule has 0 bridgehead atoms. The van der Waals surface area contributed by atoms with E-state index in [0.717, 1.165) is 11.4 Å². The van der Waals surface area contributed by atoms with Crippen molar-refractivity contribution in [2.24, 2.45) is 0 Å². The number of nitriles is 1. The van der Waals surface area contributed by atoms with Gasteiger partial charge in [0.05, 0.1) is 16.6 Å². The molecule has 0 aliphatic rings. The number of anilines is 1. The third-order valence-electron chi connectivity index (χ3n) is 2.83. The van der Waals surface area contributed by atoms with E-state index in [0.29, 0.717) is 5.69 Å². The number of nitro groups is 1. The van der Waals surface area contributed by atoms with E-state index in [-0.39, 0.29) is 11.3 Å². The van der Waals surface area contributed by atoms with Crippen LogP contribution in [-0.2, 0) is 0 Å². The molecule has 19 heavy (non-hydrogen) atoms. The lowest BCUT2D eigenvalue weighted by Crippen LogP contribution is -2.13. The molecule has 0 spiro atoms. The Kier molecular flexibility index (Phi) is 3.21. The van der Waals surface area contributed by atoms with Crippen LogP contribution in [0.15, 0.2) is 30.3 Å². The Morgan fingerprint density at radius 2 is 1.89 bits per heavy atom. The SMILES string of the molecule is Cc1ccc(C)n1Nc1ccc(C#N)cc1[N+](=O)[O-]. The molecule has 0 saturated carbocycles. The highest BCUT2D eigenvalue weighted by atomic mass is 16.6. The van der Waals surface area contributed by atoms with E-state index in [9.17, 15) is 10.1 Å². The molecule has 96 valence electrons. The average molecular weight is 256 g/mol. The van der Waals surface area contributed by atoms with Gasteiger partial charge in [0.25, 0.3) is 5.69 Å². The summed E-state index contributed by atoms with van der Waals surface area (Å²) in [6.45, 7) is 3.80. The number of rotatable bonds is 3. The van der Waals surface area contributed by atoms with Gasteiger partial charge < -0.3 is 0 Å². The molecule has 1 aromatic heterocycles. The van der Waals surface area contributed by atoms with Gasteiger partial charge in [-0.2, -0.15) is 5.26 Å². The molecule has 0 atom stereocenters. The van der Waals surface area contributed by atoms with Crippen molar-refractivity contribution in [2.45, 2.75) is 13.8 Å². The van der Waals surface area contributed by atoms with Crippen LogP contribution in [0.4, 0.5) is 11.4 Å². The van der Waals surface area contributed by atoms with Gasteiger partial charge in [-0.15, -0.1) is 0 Å². The molecule has 0 aliphatic carbocycles. The molecule has 0 unspecified atom stereocenters. The average Bonchev–Trinajstić information content (AvgIpc) is 2.70. The van der Waals surface area contributed by atoms with Gasteiger partial charge in [0.1, 0.15) is 5.69 Å². The monoisotopic (exact) mass is 256 g/mol. The van der Waals surface area contributed by atoms with Gasteiger partial charge >= 0.3 is 0 Å². The predicted molar refractivity (Wildman–Crippen MR) is 70.7 cm³/mol. The summed E-state index contributed by atoms with van der Waals surface area (Å²) in [4.78, 5) is 10.5. The lowest BCUT2D eigenvalue weighted by molar-refractivity contribution is -0.384. The van der Waals surface area contributed by atoms with E-state index in [4.69, 9.17) is 5.26 Å². The molecule has 0 amide bonds. The topological polar surface area (TPSA) is 83.9 Å². The number of nitrogens with one attached hydrogen (secondary N) is 1. The molecule has 1 heterocycles. The zero-order valence-corrected chi connectivity index (χ0v) is 10.5. The second-order valence-corrected chi connectivity index (χ2v) is 4.16. The van der Waals surface area contributed by atoms with Crippen molar-refractivity contribution in [2.75, 3.05) is 5.43 Å². The maximum atomic E-state index is 11.0. The van der Waals surface area contributed by atoms with Crippen LogP contribution in [0.3, 0.4) is 0 Å². The fourth-order valence-electron chi connectivity index (χ4n) is 1.81. The van der Waals surface area contributed by atoms with E-state index in [1.165, 1.54) is 12.1 Å². The van der Waals surface area contributed by atoms with E-state index in [1.54, 1.807) is 10.7 Å². The van der Waals surface area contributed by atoms with Crippen LogP contribution in [0, 0.1) is 35.3 Å². The summed E-state index contributed by atoms with van der Waals surface area (Å²) in [6, 6.07) is 10.1. The molecule has 2 rings (SSSR count). The van der Waals surface area contributed by atoms with Crippen LogP contribution in [0.2, 0.25) is 0 Å². The van der Waals surface area contributed by atoms with Gasteiger partial charge in [0, 0.05) is 17.5 Å². The van der Waals surface area contributed by atoms with E-state index in [1.807, 2.05) is 32.0 Å². The van der Waals surface area contributed by atoms with Crippen LogP contribution in [0.5, 0.6) is 0 Å². The second-order valence-electron chi connectivity index (χ2n) is 4.16. The number of benzene rings is 1. The van der Waals surface area contributed by atoms with E-state index < -0.39 is 4.92 Å². The van der Waals surface area contributed by atoms with Crippen LogP contribution >= 0.6 is 0 Å². The molecule has 6 heteroatoms. The van der Waals surface area contributed by atoms with Crippen molar-refractivity contribution in [3.8, 4) is 6.07 Å². The highest BCUT2D eigenvalue weighted by Gasteiger charge is 2.15. The van der Waals surface area contributed by atoms with Crippen molar-refractivity contribution in [3.63, 3.8) is 0 Å². The number of hydrogen-bond donors (Lipinski definition) is 1. The Balaban J connectivity index is 2.46. The summed E-state index contributed by atoms with van der Waals surface area (Å²) in [5.41, 5.74) is 5.37. The Hall–Kier alpha value is -2.81. The number of hydrogen-bond acceptors (Lipinski definition) is 4. The third-order valence-corrected chi connectivity index (χ3v) is 2.83. The summed E-state index contributed by atoms with van der Waals surface area (Å²) >= 11 is 0. The van der Waals surface area contributed by atoms with Gasteiger partial charge in [0.2, 0.25) is 0 Å². The van der Waals surface area contributed by atoms with E-state index >= 15 is 0 Å². The van der Waals surface area contributed by atoms with Crippen LogP contribution in [-0.4, -0.2) is 9.60 Å². The summed E-state index contributed by atoms with van der Waals surface area (Å²) in [5.74, 6) is 0. The molecule has 0 saturated heterocycles. The molecule has 1 aromatic carbocycles.